The molecule has 30 heavy (non-hydrogen) atoms. The summed E-state index contributed by atoms with van der Waals surface area (Å²) in [6.07, 6.45) is -0.0382. The minimum atomic E-state index is -0.658. The molecular formula is C19H22F2N8O. The van der Waals surface area contributed by atoms with Gasteiger partial charge in [0.25, 0.3) is 0 Å². The van der Waals surface area contributed by atoms with Crippen molar-refractivity contribution in [3.8, 4) is 11.6 Å². The number of nitrogens with zero attached hydrogens (tertiary/aromatic N) is 6. The SMILES string of the molecule is CCn1c(-c2nn[nH]n2)nc2c1CN([C@H]1CO[C@H](c3cc(F)ccc3F)[C@@H](N)C1)C2. The number of H-pyrrole nitrogens is 1. The summed E-state index contributed by atoms with van der Waals surface area (Å²) in [5.41, 5.74) is 8.59. The van der Waals surface area contributed by atoms with Gasteiger partial charge in [-0.2, -0.15) is 5.21 Å². The van der Waals surface area contributed by atoms with Gasteiger partial charge < -0.3 is 15.0 Å². The highest BCUT2D eigenvalue weighted by molar-refractivity contribution is 5.46. The van der Waals surface area contributed by atoms with E-state index in [1.165, 1.54) is 6.07 Å². The normalized spacial score (nSPS) is 24.3. The van der Waals surface area contributed by atoms with E-state index in [-0.39, 0.29) is 11.6 Å². The Morgan fingerprint density at radius 3 is 2.90 bits per heavy atom. The lowest BCUT2D eigenvalue weighted by atomic mass is 9.93. The monoisotopic (exact) mass is 416 g/mol. The van der Waals surface area contributed by atoms with Crippen LogP contribution in [0.3, 0.4) is 0 Å². The van der Waals surface area contributed by atoms with E-state index in [0.717, 1.165) is 30.1 Å². The Hall–Kier alpha value is -2.76. The highest BCUT2D eigenvalue weighted by Crippen LogP contribution is 2.35. The van der Waals surface area contributed by atoms with E-state index in [2.05, 4.69) is 30.1 Å². The van der Waals surface area contributed by atoms with E-state index >= 15 is 0 Å². The lowest BCUT2D eigenvalue weighted by molar-refractivity contribution is -0.0535. The molecule has 11 heteroatoms. The first kappa shape index (κ1) is 19.2. The molecule has 158 valence electrons. The van der Waals surface area contributed by atoms with Crippen LogP contribution in [0.25, 0.3) is 11.6 Å². The maximum absolute atomic E-state index is 14.2. The Morgan fingerprint density at radius 1 is 1.30 bits per heavy atom. The molecule has 4 heterocycles. The molecule has 3 atom stereocenters. The molecule has 9 nitrogen and oxygen atoms in total. The van der Waals surface area contributed by atoms with Crippen molar-refractivity contribution in [1.29, 1.82) is 0 Å². The van der Waals surface area contributed by atoms with Crippen LogP contribution >= 0.6 is 0 Å². The summed E-state index contributed by atoms with van der Waals surface area (Å²) >= 11 is 0. The number of ether oxygens (including phenoxy) is 1. The molecule has 0 radical (unpaired) electrons. The Morgan fingerprint density at radius 2 is 2.17 bits per heavy atom. The molecule has 5 rings (SSSR count). The maximum atomic E-state index is 14.2. The molecule has 2 aliphatic rings. The summed E-state index contributed by atoms with van der Waals surface area (Å²) < 4.78 is 35.7. The molecular weight excluding hydrogens is 394 g/mol. The van der Waals surface area contributed by atoms with Crippen molar-refractivity contribution in [3.05, 3.63) is 46.8 Å². The third-order valence-corrected chi connectivity index (χ3v) is 5.90. The van der Waals surface area contributed by atoms with Gasteiger partial charge in [-0.1, -0.05) is 0 Å². The van der Waals surface area contributed by atoms with E-state index < -0.39 is 23.8 Å². The molecule has 1 aromatic carbocycles. The molecule has 0 aliphatic carbocycles. The average Bonchev–Trinajstić information content (AvgIpc) is 3.45. The van der Waals surface area contributed by atoms with Gasteiger partial charge in [0.05, 0.1) is 18.0 Å². The van der Waals surface area contributed by atoms with Crippen molar-refractivity contribution in [2.45, 2.75) is 51.2 Å². The van der Waals surface area contributed by atoms with E-state index in [0.29, 0.717) is 37.8 Å². The molecule has 0 unspecified atom stereocenters. The number of fused-ring (bicyclic) bond motifs is 1. The maximum Gasteiger partial charge on any atom is 0.240 e. The number of halogens is 2. The summed E-state index contributed by atoms with van der Waals surface area (Å²) in [4.78, 5) is 6.99. The van der Waals surface area contributed by atoms with Crippen molar-refractivity contribution in [1.82, 2.24) is 35.1 Å². The first-order valence-corrected chi connectivity index (χ1v) is 9.93. The predicted molar refractivity (Wildman–Crippen MR) is 102 cm³/mol. The number of nitrogens with one attached hydrogen (secondary N) is 1. The minimum Gasteiger partial charge on any atom is -0.370 e. The number of nitrogens with two attached hydrogens (primary N) is 1. The van der Waals surface area contributed by atoms with Crippen molar-refractivity contribution < 1.29 is 13.5 Å². The number of benzene rings is 1. The first-order valence-electron chi connectivity index (χ1n) is 9.93. The first-order chi connectivity index (χ1) is 14.5. The number of rotatable bonds is 4. The highest BCUT2D eigenvalue weighted by atomic mass is 19.1. The van der Waals surface area contributed by atoms with Gasteiger partial charge in [0.1, 0.15) is 17.7 Å². The van der Waals surface area contributed by atoms with Gasteiger partial charge in [0, 0.05) is 37.3 Å². The van der Waals surface area contributed by atoms with Crippen LogP contribution < -0.4 is 5.73 Å². The second kappa shape index (κ2) is 7.49. The fourth-order valence-corrected chi connectivity index (χ4v) is 4.46. The van der Waals surface area contributed by atoms with Crippen LogP contribution in [0.1, 0.15) is 36.4 Å². The number of aromatic nitrogens is 6. The van der Waals surface area contributed by atoms with Crippen LogP contribution in [0.4, 0.5) is 8.78 Å². The molecule has 1 saturated heterocycles. The number of hydrogen-bond acceptors (Lipinski definition) is 7. The van der Waals surface area contributed by atoms with E-state index in [1.54, 1.807) is 0 Å². The van der Waals surface area contributed by atoms with Gasteiger partial charge in [0.15, 0.2) is 5.82 Å². The minimum absolute atomic E-state index is 0.0704. The second-order valence-electron chi connectivity index (χ2n) is 7.69. The van der Waals surface area contributed by atoms with Gasteiger partial charge in [-0.05, 0) is 36.8 Å². The summed E-state index contributed by atoms with van der Waals surface area (Å²) in [5.74, 6) is 0.174. The van der Waals surface area contributed by atoms with Crippen LogP contribution in [0.15, 0.2) is 18.2 Å². The highest BCUT2D eigenvalue weighted by Gasteiger charge is 2.38. The fourth-order valence-electron chi connectivity index (χ4n) is 4.46. The molecule has 3 N–H and O–H groups in total. The summed E-state index contributed by atoms with van der Waals surface area (Å²) in [7, 11) is 0. The van der Waals surface area contributed by atoms with Gasteiger partial charge in [-0.15, -0.1) is 10.2 Å². The number of aromatic amines is 1. The zero-order valence-corrected chi connectivity index (χ0v) is 16.4. The smallest absolute Gasteiger partial charge is 0.240 e. The lowest BCUT2D eigenvalue weighted by Crippen LogP contribution is -2.47. The van der Waals surface area contributed by atoms with Crippen LogP contribution in [0.2, 0.25) is 0 Å². The zero-order chi connectivity index (χ0) is 20.8. The molecule has 0 amide bonds. The van der Waals surface area contributed by atoms with Gasteiger partial charge >= 0.3 is 0 Å². The largest absolute Gasteiger partial charge is 0.370 e. The van der Waals surface area contributed by atoms with Crippen LogP contribution in [-0.2, 0) is 24.4 Å². The number of hydrogen-bond donors (Lipinski definition) is 2. The molecule has 3 aromatic rings. The third kappa shape index (κ3) is 3.18. The second-order valence-corrected chi connectivity index (χ2v) is 7.69. The number of imidazole rings is 1. The van der Waals surface area contributed by atoms with Gasteiger partial charge in [-0.25, -0.2) is 13.8 Å². The van der Waals surface area contributed by atoms with Crippen molar-refractivity contribution in [2.24, 2.45) is 5.73 Å². The Bertz CT molecular complexity index is 1050. The van der Waals surface area contributed by atoms with E-state index in [9.17, 15) is 8.78 Å². The molecule has 0 bridgehead atoms. The molecule has 2 aromatic heterocycles. The summed E-state index contributed by atoms with van der Waals surface area (Å²) in [6.45, 7) is 4.54. The number of tetrazole rings is 1. The molecule has 0 saturated carbocycles. The summed E-state index contributed by atoms with van der Waals surface area (Å²) in [6, 6.07) is 3.01. The van der Waals surface area contributed by atoms with Crippen molar-refractivity contribution >= 4 is 0 Å². The molecule has 2 aliphatic heterocycles. The van der Waals surface area contributed by atoms with Crippen molar-refractivity contribution in [2.75, 3.05) is 6.61 Å². The fraction of sp³-hybridized carbons (Fsp3) is 0.474. The summed E-state index contributed by atoms with van der Waals surface area (Å²) in [5, 5.41) is 14.2. The molecule has 0 spiro atoms. The van der Waals surface area contributed by atoms with Crippen molar-refractivity contribution in [3.63, 3.8) is 0 Å². The van der Waals surface area contributed by atoms with Gasteiger partial charge in [0.2, 0.25) is 5.82 Å². The standard InChI is InChI=1S/C19H22F2N8O/c1-2-29-16-8-28(7-15(16)23-19(29)18-24-26-27-25-18)11-6-14(22)17(30-9-11)12-5-10(20)3-4-13(12)21/h3-5,11,14,17H,2,6-9,22H2,1H3,(H,24,25,26,27)/t11-,14+,17-/m1/s1. The quantitative estimate of drug-likeness (QED) is 0.664. The van der Waals surface area contributed by atoms with Crippen LogP contribution in [0, 0.1) is 11.6 Å². The Balaban J connectivity index is 1.31. The van der Waals surface area contributed by atoms with E-state index in [1.807, 2.05) is 6.92 Å². The lowest BCUT2D eigenvalue weighted by Gasteiger charge is -2.38. The predicted octanol–water partition coefficient (Wildman–Crippen LogP) is 1.53. The van der Waals surface area contributed by atoms with Crippen LogP contribution in [0.5, 0.6) is 0 Å². The van der Waals surface area contributed by atoms with Gasteiger partial charge in [-0.3, -0.25) is 4.90 Å². The molecule has 1 fully saturated rings. The average molecular weight is 416 g/mol. The third-order valence-electron chi connectivity index (χ3n) is 5.90. The Labute approximate surface area is 171 Å². The van der Waals surface area contributed by atoms with E-state index in [4.69, 9.17) is 15.5 Å². The van der Waals surface area contributed by atoms with Crippen LogP contribution in [-0.4, -0.2) is 53.8 Å². The zero-order valence-electron chi connectivity index (χ0n) is 16.4. The Kier molecular flexibility index (Phi) is 4.80. The topological polar surface area (TPSA) is 111 Å².